The Morgan fingerprint density at radius 1 is 1.24 bits per heavy atom. The van der Waals surface area contributed by atoms with Crippen LogP contribution in [0.1, 0.15) is 23.2 Å². The maximum Gasteiger partial charge on any atom is 0.306 e. The molecule has 0 atom stereocenters. The average Bonchev–Trinajstić information content (AvgIpc) is 3.08. The van der Waals surface area contributed by atoms with Crippen molar-refractivity contribution in [1.29, 1.82) is 0 Å². The number of hydrogen-bond acceptors (Lipinski definition) is 5. The van der Waals surface area contributed by atoms with E-state index in [1.165, 1.54) is 4.90 Å². The molecule has 3 rings (SSSR count). The fraction of sp³-hybridized carbons (Fsp3) is 0.438. The van der Waals surface area contributed by atoms with Gasteiger partial charge in [-0.05, 0) is 31.0 Å². The summed E-state index contributed by atoms with van der Waals surface area (Å²) in [5, 5.41) is 9.00. The van der Waals surface area contributed by atoms with Gasteiger partial charge in [0.15, 0.2) is 0 Å². The highest BCUT2D eigenvalue weighted by atomic mass is 32.1. The zero-order valence-corrected chi connectivity index (χ0v) is 14.5. The van der Waals surface area contributed by atoms with E-state index in [-0.39, 0.29) is 24.3 Å². The Bertz CT molecular complexity index is 795. The predicted molar refractivity (Wildman–Crippen MR) is 91.9 cm³/mol. The number of rotatable bonds is 4. The molecule has 0 unspecified atom stereocenters. The van der Waals surface area contributed by atoms with Crippen LogP contribution in [0.25, 0.3) is 0 Å². The van der Waals surface area contributed by atoms with Crippen LogP contribution >= 0.6 is 0 Å². The van der Waals surface area contributed by atoms with E-state index >= 15 is 0 Å². The summed E-state index contributed by atoms with van der Waals surface area (Å²) in [6.45, 7) is 0.784. The van der Waals surface area contributed by atoms with Crippen LogP contribution in [0.5, 0.6) is 0 Å². The van der Waals surface area contributed by atoms with Gasteiger partial charge in [-0.2, -0.15) is 8.73 Å². The molecule has 9 heteroatoms. The van der Waals surface area contributed by atoms with Crippen LogP contribution in [0.2, 0.25) is 0 Å². The van der Waals surface area contributed by atoms with Gasteiger partial charge in [-0.1, -0.05) is 0 Å². The molecule has 1 aromatic carbocycles. The molecule has 8 nitrogen and oxygen atoms in total. The van der Waals surface area contributed by atoms with Crippen LogP contribution in [0.15, 0.2) is 26.9 Å². The van der Waals surface area contributed by atoms with Gasteiger partial charge < -0.3 is 14.9 Å². The van der Waals surface area contributed by atoms with E-state index in [4.69, 9.17) is 5.11 Å². The van der Waals surface area contributed by atoms with E-state index in [9.17, 15) is 14.4 Å². The quantitative estimate of drug-likeness (QED) is 0.896. The first-order valence-electron chi connectivity index (χ1n) is 7.94. The minimum atomic E-state index is -0.814. The Morgan fingerprint density at radius 2 is 1.92 bits per heavy atom. The number of amides is 2. The lowest BCUT2D eigenvalue weighted by atomic mass is 9.97. The van der Waals surface area contributed by atoms with Crippen molar-refractivity contribution in [2.24, 2.45) is 14.6 Å². The standard InChI is InChI=1S/C16H18N4O4S/c1-19(9-14(21)20-6-4-10(5-7-20)16(23)24)15(22)11-2-3-12-13(8-11)18-25-17-12/h2-3,8,10H,4-7,9H2,1H3,(H,23,24). The summed E-state index contributed by atoms with van der Waals surface area (Å²) in [6.07, 6.45) is 0.901. The number of hydrogen-bond donors (Lipinski definition) is 1. The molecule has 2 amide bonds. The second-order valence-electron chi connectivity index (χ2n) is 6.12. The van der Waals surface area contributed by atoms with Gasteiger partial charge in [-0.25, -0.2) is 0 Å². The van der Waals surface area contributed by atoms with Gasteiger partial charge in [0.1, 0.15) is 11.4 Å². The van der Waals surface area contributed by atoms with Crippen molar-refractivity contribution >= 4 is 40.5 Å². The van der Waals surface area contributed by atoms with E-state index in [2.05, 4.69) is 8.73 Å². The molecule has 25 heavy (non-hydrogen) atoms. The van der Waals surface area contributed by atoms with Crippen molar-refractivity contribution in [2.75, 3.05) is 26.7 Å². The topological polar surface area (TPSA) is 103 Å². The zero-order valence-electron chi connectivity index (χ0n) is 13.7. The van der Waals surface area contributed by atoms with Crippen molar-refractivity contribution in [2.45, 2.75) is 12.8 Å². The fourth-order valence-corrected chi connectivity index (χ4v) is 3.40. The first-order valence-corrected chi connectivity index (χ1v) is 8.67. The third-order valence-electron chi connectivity index (χ3n) is 4.42. The van der Waals surface area contributed by atoms with Gasteiger partial charge in [0.2, 0.25) is 5.91 Å². The first kappa shape index (κ1) is 17.3. The molecular weight excluding hydrogens is 344 g/mol. The number of benzene rings is 1. The summed E-state index contributed by atoms with van der Waals surface area (Å²) in [5.41, 5.74) is 1.85. The lowest BCUT2D eigenvalue weighted by Crippen LogP contribution is -2.45. The highest BCUT2D eigenvalue weighted by Crippen LogP contribution is 2.32. The summed E-state index contributed by atoms with van der Waals surface area (Å²) in [7, 11) is 1.58. The van der Waals surface area contributed by atoms with E-state index in [0.29, 0.717) is 37.2 Å². The second-order valence-corrected chi connectivity index (χ2v) is 6.65. The van der Waals surface area contributed by atoms with Gasteiger partial charge in [0, 0.05) is 25.7 Å². The molecule has 1 N–H and O–H groups in total. The molecule has 0 spiro atoms. The van der Waals surface area contributed by atoms with Gasteiger partial charge in [-0.3, -0.25) is 14.4 Å². The van der Waals surface area contributed by atoms with Crippen LogP contribution < -0.4 is 0 Å². The Morgan fingerprint density at radius 3 is 2.60 bits per heavy atom. The number of carboxylic acid groups (broad SMARTS) is 1. The highest BCUT2D eigenvalue weighted by molar-refractivity contribution is 7.58. The lowest BCUT2D eigenvalue weighted by Gasteiger charge is -2.31. The Kier molecular flexibility index (Phi) is 4.93. The van der Waals surface area contributed by atoms with Crippen molar-refractivity contribution in [3.63, 3.8) is 0 Å². The second kappa shape index (κ2) is 7.14. The van der Waals surface area contributed by atoms with Crippen LogP contribution in [0.3, 0.4) is 0 Å². The smallest absolute Gasteiger partial charge is 0.306 e. The van der Waals surface area contributed by atoms with E-state index in [1.807, 2.05) is 0 Å². The summed E-state index contributed by atoms with van der Waals surface area (Å²) in [4.78, 5) is 38.8. The average molecular weight is 362 g/mol. The normalized spacial score (nSPS) is 16.3. The molecule has 0 aromatic heterocycles. The van der Waals surface area contributed by atoms with Gasteiger partial charge in [-0.15, -0.1) is 0 Å². The summed E-state index contributed by atoms with van der Waals surface area (Å²) in [6, 6.07) is 5.07. The zero-order chi connectivity index (χ0) is 18.0. The lowest BCUT2D eigenvalue weighted by molar-refractivity contribution is -0.145. The van der Waals surface area contributed by atoms with E-state index < -0.39 is 5.97 Å². The third-order valence-corrected chi connectivity index (χ3v) is 4.97. The van der Waals surface area contributed by atoms with Crippen molar-refractivity contribution < 1.29 is 19.5 Å². The number of carboxylic acids is 1. The van der Waals surface area contributed by atoms with Crippen LogP contribution in [-0.2, 0) is 20.9 Å². The molecule has 1 fully saturated rings. The fourth-order valence-electron chi connectivity index (χ4n) is 2.89. The Hall–Kier alpha value is -2.55. The minimum absolute atomic E-state index is 0.0378. The number of likely N-dealkylation sites (tertiary alicyclic amines) is 1. The molecule has 2 aliphatic heterocycles. The molecule has 1 saturated heterocycles. The number of carbonyl (C=O) groups excluding carboxylic acids is 2. The summed E-state index contributed by atoms with van der Waals surface area (Å²) >= 11 is 1.09. The molecule has 2 aliphatic rings. The number of carbonyl (C=O) groups is 3. The molecular formula is C16H18N4O4S. The molecule has 132 valence electrons. The molecule has 0 bridgehead atoms. The monoisotopic (exact) mass is 362 g/mol. The number of aliphatic carboxylic acids is 1. The SMILES string of the molecule is CN(CC(=O)N1CCC(C(=O)O)CC1)C(=O)c1ccc2c(c1)N=S=N2. The predicted octanol–water partition coefficient (Wildman–Crippen LogP) is 1.81. The maximum absolute atomic E-state index is 12.5. The van der Waals surface area contributed by atoms with Crippen molar-refractivity contribution in [3.8, 4) is 0 Å². The number of fused-ring (bicyclic) bond motifs is 1. The summed E-state index contributed by atoms with van der Waals surface area (Å²) in [5.74, 6) is -1.63. The molecule has 0 aliphatic carbocycles. The van der Waals surface area contributed by atoms with Crippen molar-refractivity contribution in [1.82, 2.24) is 9.80 Å². The molecule has 0 radical (unpaired) electrons. The van der Waals surface area contributed by atoms with E-state index in [1.54, 1.807) is 30.1 Å². The van der Waals surface area contributed by atoms with Gasteiger partial charge >= 0.3 is 5.97 Å². The largest absolute Gasteiger partial charge is 0.481 e. The van der Waals surface area contributed by atoms with E-state index in [0.717, 1.165) is 17.0 Å². The van der Waals surface area contributed by atoms with Crippen molar-refractivity contribution in [3.05, 3.63) is 23.8 Å². The molecule has 2 heterocycles. The van der Waals surface area contributed by atoms with Crippen LogP contribution in [0, 0.1) is 5.92 Å². The number of nitrogens with zero attached hydrogens (tertiary/aromatic N) is 4. The van der Waals surface area contributed by atoms with Crippen LogP contribution in [-0.4, -0.2) is 59.4 Å². The minimum Gasteiger partial charge on any atom is -0.481 e. The highest BCUT2D eigenvalue weighted by Gasteiger charge is 2.28. The Balaban J connectivity index is 1.57. The number of piperidine rings is 1. The Labute approximate surface area is 148 Å². The third kappa shape index (κ3) is 3.76. The van der Waals surface area contributed by atoms with Gasteiger partial charge in [0.25, 0.3) is 5.91 Å². The first-order chi connectivity index (χ1) is 12.0. The molecule has 0 saturated carbocycles. The number of likely N-dealkylation sites (N-methyl/N-ethyl adjacent to an activating group) is 1. The van der Waals surface area contributed by atoms with Gasteiger partial charge in [0.05, 0.1) is 23.8 Å². The maximum atomic E-state index is 12.5. The summed E-state index contributed by atoms with van der Waals surface area (Å²) < 4.78 is 8.21. The molecule has 1 aromatic rings. The van der Waals surface area contributed by atoms with Crippen LogP contribution in [0.4, 0.5) is 11.4 Å².